The van der Waals surface area contributed by atoms with E-state index in [4.69, 9.17) is 9.47 Å². The Bertz CT molecular complexity index is 1130. The van der Waals surface area contributed by atoms with Gasteiger partial charge in [-0.15, -0.1) is 0 Å². The van der Waals surface area contributed by atoms with Crippen molar-refractivity contribution < 1.29 is 22.6 Å². The molecule has 0 spiro atoms. The van der Waals surface area contributed by atoms with E-state index < -0.39 is 17.5 Å². The molecule has 1 fully saturated rings. The Labute approximate surface area is 199 Å². The first kappa shape index (κ1) is 23.9. The molecule has 1 saturated carbocycles. The Morgan fingerprint density at radius 3 is 2.24 bits per heavy atom. The second-order valence-corrected chi connectivity index (χ2v) is 8.95. The van der Waals surface area contributed by atoms with Gasteiger partial charge in [-0.25, -0.2) is 13.2 Å². The normalized spacial score (nSPS) is 17.9. The van der Waals surface area contributed by atoms with Crippen LogP contribution in [0.25, 0.3) is 11.1 Å². The summed E-state index contributed by atoms with van der Waals surface area (Å²) >= 11 is 0. The van der Waals surface area contributed by atoms with Gasteiger partial charge in [0.1, 0.15) is 30.5 Å². The van der Waals surface area contributed by atoms with E-state index in [0.717, 1.165) is 25.7 Å². The van der Waals surface area contributed by atoms with Crippen molar-refractivity contribution in [3.8, 4) is 22.6 Å². The highest BCUT2D eigenvalue weighted by Gasteiger charge is 2.24. The van der Waals surface area contributed by atoms with Gasteiger partial charge in [-0.05, 0) is 60.1 Å². The summed E-state index contributed by atoms with van der Waals surface area (Å²) < 4.78 is 55.0. The van der Waals surface area contributed by atoms with Gasteiger partial charge in [-0.3, -0.25) is 0 Å². The average Bonchev–Trinajstić information content (AvgIpc) is 2.85. The molecule has 1 aliphatic carbocycles. The van der Waals surface area contributed by atoms with Gasteiger partial charge in [-0.1, -0.05) is 56.7 Å². The molecule has 0 N–H and O–H groups in total. The molecule has 4 rings (SSSR count). The maximum Gasteiger partial charge on any atom is 0.165 e. The Morgan fingerprint density at radius 1 is 0.853 bits per heavy atom. The van der Waals surface area contributed by atoms with Crippen molar-refractivity contribution in [1.82, 2.24) is 0 Å². The lowest BCUT2D eigenvalue weighted by atomic mass is 9.79. The van der Waals surface area contributed by atoms with Crippen LogP contribution in [0.5, 0.6) is 11.5 Å². The Kier molecular flexibility index (Phi) is 7.61. The Hall–Kier alpha value is -3.21. The van der Waals surface area contributed by atoms with Crippen molar-refractivity contribution in [3.05, 3.63) is 95.8 Å². The van der Waals surface area contributed by atoms with Crippen molar-refractivity contribution in [2.45, 2.75) is 45.1 Å². The first-order valence-electron chi connectivity index (χ1n) is 11.7. The van der Waals surface area contributed by atoms with Crippen molar-refractivity contribution in [1.29, 1.82) is 0 Å². The SMILES string of the molecule is C=CCOc1ccc(-c2ccc(OCc3ccc(C4CCC(C)CC4)c(F)c3F)cc2)c(F)c1. The standard InChI is InChI=1S/C29H29F3O2/c1-3-16-33-24-13-15-25(27(30)17-24)20-8-11-23(12-9-20)34-18-22-10-14-26(29(32)28(22)31)21-6-4-19(2)5-7-21/h3,8-15,17,19,21H,1,4-7,16,18H2,2H3. The quantitative estimate of drug-likeness (QED) is 0.312. The molecule has 0 aromatic heterocycles. The molecule has 0 aliphatic heterocycles. The molecule has 0 amide bonds. The van der Waals surface area contributed by atoms with Crippen molar-refractivity contribution in [2.24, 2.45) is 5.92 Å². The van der Waals surface area contributed by atoms with Crippen LogP contribution in [0.2, 0.25) is 0 Å². The highest BCUT2D eigenvalue weighted by molar-refractivity contribution is 5.65. The van der Waals surface area contributed by atoms with E-state index in [2.05, 4.69) is 13.5 Å². The predicted molar refractivity (Wildman–Crippen MR) is 129 cm³/mol. The summed E-state index contributed by atoms with van der Waals surface area (Å²) in [6.07, 6.45) is 5.47. The number of hydrogen-bond donors (Lipinski definition) is 0. The summed E-state index contributed by atoms with van der Waals surface area (Å²) in [6, 6.07) is 14.8. The molecule has 0 saturated heterocycles. The van der Waals surface area contributed by atoms with E-state index in [0.29, 0.717) is 40.7 Å². The lowest BCUT2D eigenvalue weighted by molar-refractivity contribution is 0.295. The van der Waals surface area contributed by atoms with Crippen LogP contribution in [0.1, 0.15) is 49.7 Å². The first-order chi connectivity index (χ1) is 16.5. The van der Waals surface area contributed by atoms with Gasteiger partial charge >= 0.3 is 0 Å². The van der Waals surface area contributed by atoms with Crippen LogP contribution < -0.4 is 9.47 Å². The molecule has 5 heteroatoms. The summed E-state index contributed by atoms with van der Waals surface area (Å²) in [5.41, 5.74) is 1.75. The fraction of sp³-hybridized carbons (Fsp3) is 0.310. The minimum atomic E-state index is -0.839. The lowest BCUT2D eigenvalue weighted by Crippen LogP contribution is -2.13. The van der Waals surface area contributed by atoms with Crippen LogP contribution in [0, 0.1) is 23.4 Å². The van der Waals surface area contributed by atoms with E-state index in [1.807, 2.05) is 0 Å². The number of hydrogen-bond acceptors (Lipinski definition) is 2. The summed E-state index contributed by atoms with van der Waals surface area (Å²) in [6.45, 7) is 5.99. The van der Waals surface area contributed by atoms with Crippen LogP contribution >= 0.6 is 0 Å². The van der Waals surface area contributed by atoms with Crippen LogP contribution in [-0.2, 0) is 6.61 Å². The predicted octanol–water partition coefficient (Wildman–Crippen LogP) is 8.21. The third-order valence-corrected chi connectivity index (χ3v) is 6.52. The smallest absolute Gasteiger partial charge is 0.165 e. The Morgan fingerprint density at radius 2 is 1.56 bits per heavy atom. The highest BCUT2D eigenvalue weighted by Crippen LogP contribution is 2.37. The number of halogens is 3. The first-order valence-corrected chi connectivity index (χ1v) is 11.7. The van der Waals surface area contributed by atoms with Gasteiger partial charge in [0.05, 0.1) is 0 Å². The zero-order valence-electron chi connectivity index (χ0n) is 19.3. The third kappa shape index (κ3) is 5.46. The molecule has 0 unspecified atom stereocenters. The highest BCUT2D eigenvalue weighted by atomic mass is 19.2. The third-order valence-electron chi connectivity index (χ3n) is 6.52. The van der Waals surface area contributed by atoms with Gasteiger partial charge in [0, 0.05) is 17.2 Å². The average molecular weight is 467 g/mol. The van der Waals surface area contributed by atoms with E-state index in [9.17, 15) is 13.2 Å². The molecule has 1 aliphatic rings. The lowest BCUT2D eigenvalue weighted by Gasteiger charge is -2.27. The zero-order valence-corrected chi connectivity index (χ0v) is 19.3. The molecule has 3 aromatic rings. The minimum Gasteiger partial charge on any atom is -0.489 e. The zero-order chi connectivity index (χ0) is 24.1. The molecule has 0 radical (unpaired) electrons. The van der Waals surface area contributed by atoms with E-state index >= 15 is 0 Å². The monoisotopic (exact) mass is 466 g/mol. The summed E-state index contributed by atoms with van der Waals surface area (Å²) in [7, 11) is 0. The van der Waals surface area contributed by atoms with Gasteiger partial charge in [0.25, 0.3) is 0 Å². The van der Waals surface area contributed by atoms with Crippen LogP contribution in [-0.4, -0.2) is 6.61 Å². The summed E-state index contributed by atoms with van der Waals surface area (Å²) in [4.78, 5) is 0. The van der Waals surface area contributed by atoms with Crippen molar-refractivity contribution >= 4 is 0 Å². The molecular formula is C29H29F3O2. The fourth-order valence-corrected chi connectivity index (χ4v) is 4.47. The molecule has 34 heavy (non-hydrogen) atoms. The fourth-order valence-electron chi connectivity index (χ4n) is 4.47. The van der Waals surface area contributed by atoms with Crippen LogP contribution in [0.15, 0.2) is 67.3 Å². The van der Waals surface area contributed by atoms with E-state index in [-0.39, 0.29) is 18.1 Å². The second kappa shape index (κ2) is 10.8. The van der Waals surface area contributed by atoms with Crippen LogP contribution in [0.3, 0.4) is 0 Å². The van der Waals surface area contributed by atoms with Gasteiger partial charge < -0.3 is 9.47 Å². The molecule has 3 aromatic carbocycles. The maximum atomic E-state index is 14.8. The molecule has 0 atom stereocenters. The van der Waals surface area contributed by atoms with E-state index in [1.165, 1.54) is 6.07 Å². The maximum absolute atomic E-state index is 14.8. The van der Waals surface area contributed by atoms with Gasteiger partial charge in [0.2, 0.25) is 0 Å². The van der Waals surface area contributed by atoms with E-state index in [1.54, 1.807) is 54.6 Å². The van der Waals surface area contributed by atoms with Crippen LogP contribution in [0.4, 0.5) is 13.2 Å². The number of benzene rings is 3. The molecule has 178 valence electrons. The Balaban J connectivity index is 1.41. The van der Waals surface area contributed by atoms with Gasteiger partial charge in [-0.2, -0.15) is 0 Å². The van der Waals surface area contributed by atoms with Crippen molar-refractivity contribution in [3.63, 3.8) is 0 Å². The van der Waals surface area contributed by atoms with Gasteiger partial charge in [0.15, 0.2) is 11.6 Å². The molecular weight excluding hydrogens is 437 g/mol. The number of rotatable bonds is 8. The molecule has 0 bridgehead atoms. The minimum absolute atomic E-state index is 0.0798. The summed E-state index contributed by atoms with van der Waals surface area (Å²) in [5.74, 6) is -0.354. The van der Waals surface area contributed by atoms with Crippen molar-refractivity contribution in [2.75, 3.05) is 6.61 Å². The largest absolute Gasteiger partial charge is 0.489 e. The summed E-state index contributed by atoms with van der Waals surface area (Å²) in [5, 5.41) is 0. The topological polar surface area (TPSA) is 18.5 Å². The molecule has 0 heterocycles. The molecule has 2 nitrogen and oxygen atoms in total. The number of ether oxygens (including phenoxy) is 2. The second-order valence-electron chi connectivity index (χ2n) is 8.95.